The zero-order valence-electron chi connectivity index (χ0n) is 17.1. The number of carbonyl (C=O) groups excluding carboxylic acids is 1. The summed E-state index contributed by atoms with van der Waals surface area (Å²) >= 11 is 6.56. The van der Waals surface area contributed by atoms with Crippen molar-refractivity contribution >= 4 is 34.1 Å². The predicted octanol–water partition coefficient (Wildman–Crippen LogP) is 4.99. The Bertz CT molecular complexity index is 1130. The molecule has 4 rings (SSSR count). The summed E-state index contributed by atoms with van der Waals surface area (Å²) in [6, 6.07) is 14.9. The van der Waals surface area contributed by atoms with Crippen molar-refractivity contribution in [1.82, 2.24) is 9.99 Å². The molecule has 1 aromatic heterocycles. The minimum atomic E-state index is -0.315. The molecule has 6 nitrogen and oxygen atoms in total. The van der Waals surface area contributed by atoms with Crippen LogP contribution in [0.4, 0.5) is 0 Å². The molecule has 3 aromatic rings. The van der Waals surface area contributed by atoms with E-state index in [-0.39, 0.29) is 11.9 Å². The summed E-state index contributed by atoms with van der Waals surface area (Å²) in [4.78, 5) is 17.2. The normalized spacial score (nSPS) is 15.9. The summed E-state index contributed by atoms with van der Waals surface area (Å²) in [5, 5.41) is 7.45. The molecule has 154 valence electrons. The third kappa shape index (κ3) is 3.71. The van der Waals surface area contributed by atoms with E-state index in [1.54, 1.807) is 14.2 Å². The molecule has 2 heterocycles. The number of benzene rings is 2. The Morgan fingerprint density at radius 1 is 1.10 bits per heavy atom. The molecule has 30 heavy (non-hydrogen) atoms. The maximum absolute atomic E-state index is 12.7. The lowest BCUT2D eigenvalue weighted by Gasteiger charge is -2.22. The van der Waals surface area contributed by atoms with E-state index >= 15 is 0 Å². The highest BCUT2D eigenvalue weighted by Gasteiger charge is 2.34. The van der Waals surface area contributed by atoms with Crippen molar-refractivity contribution in [2.75, 3.05) is 14.2 Å². The summed E-state index contributed by atoms with van der Waals surface area (Å²) in [6.45, 7) is 1.82. The number of carbonyl (C=O) groups is 1. The average molecular weight is 424 g/mol. The van der Waals surface area contributed by atoms with Gasteiger partial charge in [0, 0.05) is 23.8 Å². The minimum absolute atomic E-state index is 0.0645. The van der Waals surface area contributed by atoms with Crippen LogP contribution < -0.4 is 9.47 Å². The monoisotopic (exact) mass is 423 g/mol. The Hall–Kier alpha value is -3.12. The minimum Gasteiger partial charge on any atom is -0.497 e. The van der Waals surface area contributed by atoms with Gasteiger partial charge in [-0.15, -0.1) is 0 Å². The lowest BCUT2D eigenvalue weighted by atomic mass is 9.98. The smallest absolute Gasteiger partial charge is 0.242 e. The molecule has 1 aliphatic rings. The predicted molar refractivity (Wildman–Crippen MR) is 117 cm³/mol. The number of hydrazone groups is 1. The fourth-order valence-electron chi connectivity index (χ4n) is 3.61. The van der Waals surface area contributed by atoms with Crippen molar-refractivity contribution < 1.29 is 14.3 Å². The van der Waals surface area contributed by atoms with Crippen LogP contribution in [0.3, 0.4) is 0 Å². The number of pyridine rings is 1. The fraction of sp³-hybridized carbons (Fsp3) is 0.261. The van der Waals surface area contributed by atoms with Gasteiger partial charge in [-0.05, 0) is 54.1 Å². The molecule has 0 spiro atoms. The van der Waals surface area contributed by atoms with Gasteiger partial charge in [-0.2, -0.15) is 5.10 Å². The summed E-state index contributed by atoms with van der Waals surface area (Å²) in [7, 11) is 3.25. The zero-order valence-corrected chi connectivity index (χ0v) is 17.8. The summed E-state index contributed by atoms with van der Waals surface area (Å²) in [6.07, 6.45) is 0.900. The van der Waals surface area contributed by atoms with Gasteiger partial charge >= 0.3 is 0 Å². The van der Waals surface area contributed by atoms with Gasteiger partial charge in [0.25, 0.3) is 0 Å². The standard InChI is InChI=1S/C23H22ClN3O3/c1-4-22(28)27-21(13-20(26-27)14-5-7-16(29-2)8-6-14)18-12-15-11-17(30-3)9-10-19(15)25-23(18)24/h5-12,21H,4,13H2,1-3H3/t21-/m1/s1. The molecule has 1 atom stereocenters. The van der Waals surface area contributed by atoms with Crippen LogP contribution in [0.1, 0.15) is 36.9 Å². The Morgan fingerprint density at radius 3 is 2.47 bits per heavy atom. The van der Waals surface area contributed by atoms with Gasteiger partial charge in [-0.25, -0.2) is 9.99 Å². The van der Waals surface area contributed by atoms with Crippen LogP contribution in [0, 0.1) is 0 Å². The molecule has 0 radical (unpaired) electrons. The van der Waals surface area contributed by atoms with Crippen LogP contribution in [0.5, 0.6) is 11.5 Å². The van der Waals surface area contributed by atoms with Gasteiger partial charge in [-0.3, -0.25) is 4.79 Å². The van der Waals surface area contributed by atoms with Crippen LogP contribution in [0.25, 0.3) is 10.9 Å². The van der Waals surface area contributed by atoms with Gasteiger partial charge < -0.3 is 9.47 Å². The lowest BCUT2D eigenvalue weighted by molar-refractivity contribution is -0.132. The second kappa shape index (κ2) is 8.32. The Labute approximate surface area is 180 Å². The van der Waals surface area contributed by atoms with Gasteiger partial charge in [0.05, 0.1) is 31.5 Å². The molecule has 1 aliphatic heterocycles. The number of methoxy groups -OCH3 is 2. The maximum Gasteiger partial charge on any atom is 0.242 e. The molecule has 0 unspecified atom stereocenters. The molecular formula is C23H22ClN3O3. The number of nitrogens with zero attached hydrogens (tertiary/aromatic N) is 3. The number of ether oxygens (including phenoxy) is 2. The Balaban J connectivity index is 1.75. The van der Waals surface area contributed by atoms with Gasteiger partial charge in [-0.1, -0.05) is 18.5 Å². The van der Waals surface area contributed by atoms with Crippen molar-refractivity contribution in [3.63, 3.8) is 0 Å². The molecule has 0 saturated carbocycles. The maximum atomic E-state index is 12.7. The lowest BCUT2D eigenvalue weighted by Crippen LogP contribution is -2.26. The fourth-order valence-corrected chi connectivity index (χ4v) is 3.88. The van der Waals surface area contributed by atoms with E-state index in [1.807, 2.05) is 55.5 Å². The highest BCUT2D eigenvalue weighted by Crippen LogP contribution is 2.38. The molecule has 2 aromatic carbocycles. The molecule has 0 N–H and O–H groups in total. The summed E-state index contributed by atoms with van der Waals surface area (Å²) in [5.74, 6) is 1.44. The molecule has 0 aliphatic carbocycles. The molecular weight excluding hydrogens is 402 g/mol. The first-order valence-electron chi connectivity index (χ1n) is 9.72. The third-order valence-corrected chi connectivity index (χ3v) is 5.56. The van der Waals surface area contributed by atoms with E-state index < -0.39 is 0 Å². The van der Waals surface area contributed by atoms with Crippen molar-refractivity contribution in [1.29, 1.82) is 0 Å². The highest BCUT2D eigenvalue weighted by molar-refractivity contribution is 6.30. The second-order valence-electron chi connectivity index (χ2n) is 7.01. The number of hydrogen-bond donors (Lipinski definition) is 0. The van der Waals surface area contributed by atoms with Crippen molar-refractivity contribution in [2.24, 2.45) is 5.10 Å². The van der Waals surface area contributed by atoms with Gasteiger partial charge in [0.2, 0.25) is 5.91 Å². The van der Waals surface area contributed by atoms with E-state index in [4.69, 9.17) is 21.1 Å². The van der Waals surface area contributed by atoms with E-state index in [9.17, 15) is 4.79 Å². The van der Waals surface area contributed by atoms with Crippen molar-refractivity contribution in [2.45, 2.75) is 25.8 Å². The third-order valence-electron chi connectivity index (χ3n) is 5.25. The molecule has 7 heteroatoms. The van der Waals surface area contributed by atoms with E-state index in [0.29, 0.717) is 18.0 Å². The number of rotatable bonds is 5. The van der Waals surface area contributed by atoms with Crippen LogP contribution in [0.15, 0.2) is 53.6 Å². The Kier molecular flexibility index (Phi) is 5.59. The van der Waals surface area contributed by atoms with Crippen LogP contribution in [-0.2, 0) is 4.79 Å². The second-order valence-corrected chi connectivity index (χ2v) is 7.37. The Morgan fingerprint density at radius 2 is 1.80 bits per heavy atom. The SMILES string of the molecule is CCC(=O)N1N=C(c2ccc(OC)cc2)C[C@@H]1c1cc2cc(OC)ccc2nc1Cl. The van der Waals surface area contributed by atoms with Crippen LogP contribution in [0.2, 0.25) is 5.15 Å². The largest absolute Gasteiger partial charge is 0.497 e. The molecule has 1 amide bonds. The number of halogens is 1. The van der Waals surface area contributed by atoms with Crippen LogP contribution >= 0.6 is 11.6 Å². The van der Waals surface area contributed by atoms with E-state index in [0.717, 1.165) is 39.2 Å². The first kappa shape index (κ1) is 20.2. The first-order chi connectivity index (χ1) is 14.5. The van der Waals surface area contributed by atoms with E-state index in [2.05, 4.69) is 10.1 Å². The highest BCUT2D eigenvalue weighted by atomic mass is 35.5. The number of hydrogen-bond acceptors (Lipinski definition) is 5. The summed E-state index contributed by atoms with van der Waals surface area (Å²) < 4.78 is 10.6. The number of fused-ring (bicyclic) bond motifs is 1. The summed E-state index contributed by atoms with van der Waals surface area (Å²) in [5.41, 5.74) is 3.31. The van der Waals surface area contributed by atoms with Crippen LogP contribution in [-0.4, -0.2) is 35.8 Å². The topological polar surface area (TPSA) is 64.0 Å². The van der Waals surface area contributed by atoms with Crippen molar-refractivity contribution in [3.05, 3.63) is 64.8 Å². The first-order valence-corrected chi connectivity index (χ1v) is 10.1. The van der Waals surface area contributed by atoms with Gasteiger partial charge in [0.15, 0.2) is 0 Å². The number of aromatic nitrogens is 1. The quantitative estimate of drug-likeness (QED) is 0.542. The molecule has 0 saturated heterocycles. The van der Waals surface area contributed by atoms with E-state index in [1.165, 1.54) is 5.01 Å². The van der Waals surface area contributed by atoms with Crippen molar-refractivity contribution in [3.8, 4) is 11.5 Å². The molecule has 0 bridgehead atoms. The molecule has 0 fully saturated rings. The number of amides is 1. The average Bonchev–Trinajstić information content (AvgIpc) is 3.23. The zero-order chi connectivity index (χ0) is 21.3. The van der Waals surface area contributed by atoms with Gasteiger partial charge in [0.1, 0.15) is 16.7 Å².